The van der Waals surface area contributed by atoms with Gasteiger partial charge in [0.2, 0.25) is 5.91 Å². The zero-order valence-corrected chi connectivity index (χ0v) is 10.6. The van der Waals surface area contributed by atoms with Crippen molar-refractivity contribution in [3.63, 3.8) is 0 Å². The Hall–Kier alpha value is -2.31. The van der Waals surface area contributed by atoms with Crippen LogP contribution in [0, 0.1) is 0 Å². The summed E-state index contributed by atoms with van der Waals surface area (Å²) in [5.41, 5.74) is -0.339. The highest BCUT2D eigenvalue weighted by atomic mass is 19.4. The highest BCUT2D eigenvalue weighted by Crippen LogP contribution is 2.27. The van der Waals surface area contributed by atoms with Gasteiger partial charge >= 0.3 is 6.18 Å². The highest BCUT2D eigenvalue weighted by Gasteiger charge is 2.33. The van der Waals surface area contributed by atoms with E-state index in [1.54, 1.807) is 31.3 Å². The molecule has 1 aromatic carbocycles. The normalized spacial score (nSPS) is 11.4. The predicted octanol–water partition coefficient (Wildman–Crippen LogP) is 2.56. The van der Waals surface area contributed by atoms with Gasteiger partial charge in [-0.3, -0.25) is 9.48 Å². The molecular formula is C13H12F3N3O. The number of anilines is 1. The van der Waals surface area contributed by atoms with Crippen LogP contribution in [0.25, 0.3) is 0 Å². The van der Waals surface area contributed by atoms with Crippen LogP contribution in [0.15, 0.2) is 42.6 Å². The minimum absolute atomic E-state index is 0.249. The number of likely N-dealkylation sites (N-methyl/N-ethyl adjacent to an activating group) is 1. The molecular weight excluding hydrogens is 271 g/mol. The third kappa shape index (κ3) is 3.17. The van der Waals surface area contributed by atoms with E-state index in [1.807, 2.05) is 6.07 Å². The van der Waals surface area contributed by atoms with Crippen molar-refractivity contribution in [3.05, 3.63) is 48.3 Å². The van der Waals surface area contributed by atoms with E-state index in [2.05, 4.69) is 5.10 Å². The van der Waals surface area contributed by atoms with Gasteiger partial charge in [-0.05, 0) is 18.2 Å². The lowest BCUT2D eigenvalue weighted by Crippen LogP contribution is -2.30. The van der Waals surface area contributed by atoms with E-state index in [4.69, 9.17) is 0 Å². The Kier molecular flexibility index (Phi) is 3.78. The molecule has 2 aromatic rings. The Morgan fingerprint density at radius 1 is 1.25 bits per heavy atom. The maximum atomic E-state index is 12.4. The average Bonchev–Trinajstić information content (AvgIpc) is 2.87. The van der Waals surface area contributed by atoms with Crippen LogP contribution in [0.5, 0.6) is 0 Å². The number of nitrogens with zero attached hydrogens (tertiary/aromatic N) is 3. The first kappa shape index (κ1) is 14.1. The van der Waals surface area contributed by atoms with E-state index in [-0.39, 0.29) is 12.5 Å². The molecule has 0 radical (unpaired) electrons. The predicted molar refractivity (Wildman–Crippen MR) is 67.1 cm³/mol. The summed E-state index contributed by atoms with van der Waals surface area (Å²) in [5.74, 6) is -0.354. The van der Waals surface area contributed by atoms with Crippen LogP contribution in [0.1, 0.15) is 5.69 Å². The van der Waals surface area contributed by atoms with Gasteiger partial charge < -0.3 is 4.90 Å². The largest absolute Gasteiger partial charge is 0.435 e. The number of para-hydroxylation sites is 1. The second-order valence-corrected chi connectivity index (χ2v) is 4.18. The van der Waals surface area contributed by atoms with Crippen molar-refractivity contribution in [2.45, 2.75) is 12.7 Å². The molecule has 1 amide bonds. The first-order valence-corrected chi connectivity index (χ1v) is 5.80. The summed E-state index contributed by atoms with van der Waals surface area (Å²) in [4.78, 5) is 13.3. The minimum atomic E-state index is -4.50. The Morgan fingerprint density at radius 3 is 2.45 bits per heavy atom. The monoisotopic (exact) mass is 283 g/mol. The van der Waals surface area contributed by atoms with E-state index >= 15 is 0 Å². The van der Waals surface area contributed by atoms with Crippen molar-refractivity contribution in [1.29, 1.82) is 0 Å². The summed E-state index contributed by atoms with van der Waals surface area (Å²) in [6.07, 6.45) is -3.36. The van der Waals surface area contributed by atoms with Crippen molar-refractivity contribution in [2.24, 2.45) is 0 Å². The Bertz CT molecular complexity index is 592. The molecule has 0 unspecified atom stereocenters. The molecule has 0 atom stereocenters. The zero-order chi connectivity index (χ0) is 14.8. The maximum absolute atomic E-state index is 12.4. The van der Waals surface area contributed by atoms with Crippen LogP contribution in [0.3, 0.4) is 0 Å². The second kappa shape index (κ2) is 5.36. The molecule has 20 heavy (non-hydrogen) atoms. The number of rotatable bonds is 3. The van der Waals surface area contributed by atoms with E-state index in [1.165, 1.54) is 4.90 Å². The molecule has 0 N–H and O–H groups in total. The number of halogens is 3. The fraction of sp³-hybridized carbons (Fsp3) is 0.231. The molecule has 7 heteroatoms. The van der Waals surface area contributed by atoms with Gasteiger partial charge in [0, 0.05) is 18.9 Å². The molecule has 0 bridgehead atoms. The van der Waals surface area contributed by atoms with Crippen LogP contribution < -0.4 is 4.90 Å². The number of carbonyl (C=O) groups excluding carboxylic acids is 1. The maximum Gasteiger partial charge on any atom is 0.435 e. The summed E-state index contributed by atoms with van der Waals surface area (Å²) < 4.78 is 38.1. The summed E-state index contributed by atoms with van der Waals surface area (Å²) in [6, 6.07) is 9.68. The Morgan fingerprint density at radius 2 is 1.90 bits per heavy atom. The SMILES string of the molecule is CN(C(=O)Cn1ccc(C(F)(F)F)n1)c1ccccc1. The molecule has 0 spiro atoms. The number of benzene rings is 1. The molecule has 0 aliphatic heterocycles. The third-order valence-electron chi connectivity index (χ3n) is 2.75. The topological polar surface area (TPSA) is 38.1 Å². The number of aromatic nitrogens is 2. The standard InChI is InChI=1S/C13H12F3N3O/c1-18(10-5-3-2-4-6-10)12(20)9-19-8-7-11(17-19)13(14,15)16/h2-8H,9H2,1H3. The van der Waals surface area contributed by atoms with E-state index in [9.17, 15) is 18.0 Å². The lowest BCUT2D eigenvalue weighted by Gasteiger charge is -2.17. The molecule has 2 rings (SSSR count). The fourth-order valence-electron chi connectivity index (χ4n) is 1.64. The Balaban J connectivity index is 2.07. The number of amides is 1. The number of hydrogen-bond acceptors (Lipinski definition) is 2. The number of carbonyl (C=O) groups is 1. The smallest absolute Gasteiger partial charge is 0.314 e. The molecule has 0 aliphatic rings. The summed E-state index contributed by atoms with van der Waals surface area (Å²) in [7, 11) is 1.56. The van der Waals surface area contributed by atoms with Crippen molar-refractivity contribution in [2.75, 3.05) is 11.9 Å². The van der Waals surface area contributed by atoms with Crippen LogP contribution >= 0.6 is 0 Å². The van der Waals surface area contributed by atoms with Gasteiger partial charge in [-0.15, -0.1) is 0 Å². The lowest BCUT2D eigenvalue weighted by molar-refractivity contribution is -0.141. The quantitative estimate of drug-likeness (QED) is 0.868. The van der Waals surface area contributed by atoms with Gasteiger partial charge in [0.1, 0.15) is 6.54 Å². The van der Waals surface area contributed by atoms with Crippen LogP contribution in [-0.4, -0.2) is 22.7 Å². The summed E-state index contributed by atoms with van der Waals surface area (Å²) >= 11 is 0. The molecule has 0 saturated heterocycles. The van der Waals surface area contributed by atoms with E-state index < -0.39 is 11.9 Å². The molecule has 1 aromatic heterocycles. The van der Waals surface area contributed by atoms with Crippen LogP contribution in [0.2, 0.25) is 0 Å². The zero-order valence-electron chi connectivity index (χ0n) is 10.6. The van der Waals surface area contributed by atoms with E-state index in [0.717, 1.165) is 16.9 Å². The first-order valence-electron chi connectivity index (χ1n) is 5.80. The van der Waals surface area contributed by atoms with Crippen molar-refractivity contribution in [1.82, 2.24) is 9.78 Å². The van der Waals surface area contributed by atoms with Gasteiger partial charge in [-0.25, -0.2) is 0 Å². The van der Waals surface area contributed by atoms with Crippen LogP contribution in [0.4, 0.5) is 18.9 Å². The first-order chi connectivity index (χ1) is 9.38. The van der Waals surface area contributed by atoms with Gasteiger partial charge in [-0.2, -0.15) is 18.3 Å². The molecule has 0 saturated carbocycles. The van der Waals surface area contributed by atoms with Gasteiger partial charge in [-0.1, -0.05) is 18.2 Å². The number of alkyl halides is 3. The fourth-order valence-corrected chi connectivity index (χ4v) is 1.64. The van der Waals surface area contributed by atoms with E-state index in [0.29, 0.717) is 5.69 Å². The molecule has 106 valence electrons. The molecule has 0 fully saturated rings. The van der Waals surface area contributed by atoms with Crippen molar-refractivity contribution < 1.29 is 18.0 Å². The van der Waals surface area contributed by atoms with Gasteiger partial charge in [0.15, 0.2) is 5.69 Å². The molecule has 4 nitrogen and oxygen atoms in total. The summed E-state index contributed by atoms with van der Waals surface area (Å²) in [6.45, 7) is -0.249. The van der Waals surface area contributed by atoms with Crippen molar-refractivity contribution >= 4 is 11.6 Å². The average molecular weight is 283 g/mol. The Labute approximate surface area is 113 Å². The lowest BCUT2D eigenvalue weighted by atomic mass is 10.3. The third-order valence-corrected chi connectivity index (χ3v) is 2.75. The number of hydrogen-bond donors (Lipinski definition) is 0. The second-order valence-electron chi connectivity index (χ2n) is 4.18. The highest BCUT2D eigenvalue weighted by molar-refractivity contribution is 5.92. The van der Waals surface area contributed by atoms with Gasteiger partial charge in [0.25, 0.3) is 0 Å². The molecule has 1 heterocycles. The van der Waals surface area contributed by atoms with Gasteiger partial charge in [0.05, 0.1) is 0 Å². The minimum Gasteiger partial charge on any atom is -0.314 e. The summed E-state index contributed by atoms with van der Waals surface area (Å²) in [5, 5.41) is 3.34. The molecule has 0 aliphatic carbocycles. The van der Waals surface area contributed by atoms with Crippen molar-refractivity contribution in [3.8, 4) is 0 Å². The van der Waals surface area contributed by atoms with Crippen LogP contribution in [-0.2, 0) is 17.5 Å².